The number of allylic oxidation sites excluding steroid dienone is 2. The third kappa shape index (κ3) is 32.4. The monoisotopic (exact) mass is 634 g/mol. The lowest BCUT2D eigenvalue weighted by Gasteiger charge is -2.24. The highest BCUT2D eigenvalue weighted by Crippen LogP contribution is 2.43. The summed E-state index contributed by atoms with van der Waals surface area (Å²) in [5.41, 5.74) is 0. The number of carbonyl (C=O) groups excluding carboxylic acids is 1. The maximum atomic E-state index is 12.3. The van der Waals surface area contributed by atoms with E-state index in [9.17, 15) is 14.3 Å². The van der Waals surface area contributed by atoms with Crippen LogP contribution in [0.2, 0.25) is 0 Å². The number of unbranched alkanes of at least 4 members (excludes halogenated alkanes) is 16. The first-order valence-corrected chi connectivity index (χ1v) is 18.9. The summed E-state index contributed by atoms with van der Waals surface area (Å²) in [5, 5.41) is 0. The van der Waals surface area contributed by atoms with Crippen molar-refractivity contribution in [3.8, 4) is 0 Å². The van der Waals surface area contributed by atoms with Gasteiger partial charge in [0.1, 0.15) is 19.3 Å². The number of hydrogen-bond donors (Lipinski definition) is 1. The van der Waals surface area contributed by atoms with Crippen LogP contribution in [0.4, 0.5) is 0 Å². The molecule has 2 unspecified atom stereocenters. The van der Waals surface area contributed by atoms with Crippen LogP contribution in [-0.4, -0.2) is 75.6 Å². The van der Waals surface area contributed by atoms with Gasteiger partial charge in [0.15, 0.2) is 0 Å². The summed E-state index contributed by atoms with van der Waals surface area (Å²) in [6, 6.07) is 0. The van der Waals surface area contributed by atoms with Crippen LogP contribution in [0, 0.1) is 0 Å². The minimum atomic E-state index is -4.25. The van der Waals surface area contributed by atoms with Crippen molar-refractivity contribution in [1.29, 1.82) is 0 Å². The van der Waals surface area contributed by atoms with Crippen LogP contribution in [0.5, 0.6) is 0 Å². The van der Waals surface area contributed by atoms with Gasteiger partial charge in [0.2, 0.25) is 0 Å². The molecule has 9 heteroatoms. The SMILES string of the molecule is CCCCCCCCC/C=C\CCCCCCCCOCC(COP(=O)(O)OCC[N+](C)(C)C)OC(=O)CCCCCC. The molecular weight excluding hydrogens is 565 g/mol. The molecule has 1 N–H and O–H groups in total. The first kappa shape index (κ1) is 42.2. The van der Waals surface area contributed by atoms with E-state index in [0.717, 1.165) is 38.5 Å². The van der Waals surface area contributed by atoms with Gasteiger partial charge in [0, 0.05) is 13.0 Å². The summed E-state index contributed by atoms with van der Waals surface area (Å²) < 4.78 is 34.5. The lowest BCUT2D eigenvalue weighted by Crippen LogP contribution is -2.37. The summed E-state index contributed by atoms with van der Waals surface area (Å²) in [6.45, 7) is 5.48. The average Bonchev–Trinajstić information content (AvgIpc) is 2.94. The molecule has 8 nitrogen and oxygen atoms in total. The van der Waals surface area contributed by atoms with Crippen molar-refractivity contribution in [2.24, 2.45) is 0 Å². The van der Waals surface area contributed by atoms with E-state index in [2.05, 4.69) is 26.0 Å². The summed E-state index contributed by atoms with van der Waals surface area (Å²) in [7, 11) is 1.66. The quantitative estimate of drug-likeness (QED) is 0.0259. The van der Waals surface area contributed by atoms with Crippen molar-refractivity contribution < 1.29 is 37.3 Å². The van der Waals surface area contributed by atoms with Gasteiger partial charge in [-0.2, -0.15) is 0 Å². The summed E-state index contributed by atoms with van der Waals surface area (Å²) >= 11 is 0. The Morgan fingerprint density at radius 3 is 1.77 bits per heavy atom. The lowest BCUT2D eigenvalue weighted by molar-refractivity contribution is -0.870. The van der Waals surface area contributed by atoms with Crippen molar-refractivity contribution in [3.63, 3.8) is 0 Å². The van der Waals surface area contributed by atoms with Crippen LogP contribution >= 0.6 is 7.82 Å². The normalized spacial score (nSPS) is 14.3. The first-order chi connectivity index (χ1) is 20.6. The van der Waals surface area contributed by atoms with Gasteiger partial charge in [-0.3, -0.25) is 13.8 Å². The number of phosphoric ester groups is 1. The molecule has 0 aromatic heterocycles. The number of rotatable bonds is 32. The molecule has 0 rings (SSSR count). The Hall–Kier alpha value is -0.760. The average molecular weight is 635 g/mol. The second-order valence-corrected chi connectivity index (χ2v) is 14.4. The molecule has 0 spiro atoms. The Labute approximate surface area is 265 Å². The molecule has 0 aliphatic carbocycles. The van der Waals surface area contributed by atoms with Gasteiger partial charge in [-0.05, 0) is 38.5 Å². The van der Waals surface area contributed by atoms with Gasteiger partial charge in [0.25, 0.3) is 0 Å². The molecule has 0 radical (unpaired) electrons. The van der Waals surface area contributed by atoms with Crippen molar-refractivity contribution in [1.82, 2.24) is 0 Å². The molecule has 0 heterocycles. The van der Waals surface area contributed by atoms with Gasteiger partial charge < -0.3 is 18.9 Å². The smallest absolute Gasteiger partial charge is 0.457 e. The fourth-order valence-electron chi connectivity index (χ4n) is 4.54. The number of carbonyl (C=O) groups is 1. The molecule has 0 saturated carbocycles. The molecular formula is C34H69NO7P+. The standard InChI is InChI=1S/C34H68NO7P/c1-6-8-10-12-13-14-15-16-17-18-19-20-21-22-23-24-26-29-39-31-33(42-34(36)27-25-11-9-7-2)32-41-43(37,38)40-30-28-35(3,4)5/h17-18,33H,6-16,19-32H2,1-5H3/p+1/b18-17-. The zero-order valence-corrected chi connectivity index (χ0v) is 29.6. The Morgan fingerprint density at radius 2 is 1.21 bits per heavy atom. The van der Waals surface area contributed by atoms with Crippen LogP contribution in [0.25, 0.3) is 0 Å². The number of hydrogen-bond acceptors (Lipinski definition) is 6. The van der Waals surface area contributed by atoms with Gasteiger partial charge in [-0.1, -0.05) is 109 Å². The third-order valence-corrected chi connectivity index (χ3v) is 8.31. The number of phosphoric acid groups is 1. The minimum absolute atomic E-state index is 0.0890. The second-order valence-electron chi connectivity index (χ2n) is 12.9. The van der Waals surface area contributed by atoms with Crippen molar-refractivity contribution in [3.05, 3.63) is 12.2 Å². The van der Waals surface area contributed by atoms with Gasteiger partial charge in [-0.25, -0.2) is 4.57 Å². The zero-order valence-electron chi connectivity index (χ0n) is 28.7. The molecule has 0 aromatic carbocycles. The van der Waals surface area contributed by atoms with Crippen molar-refractivity contribution in [2.75, 3.05) is 54.1 Å². The van der Waals surface area contributed by atoms with Gasteiger partial charge in [-0.15, -0.1) is 0 Å². The molecule has 0 fully saturated rings. The Bertz CT molecular complexity index is 711. The number of ether oxygens (including phenoxy) is 2. The van der Waals surface area contributed by atoms with Crippen LogP contribution in [0.1, 0.15) is 142 Å². The van der Waals surface area contributed by atoms with Crippen LogP contribution < -0.4 is 0 Å². The highest BCUT2D eigenvalue weighted by molar-refractivity contribution is 7.47. The second kappa shape index (κ2) is 28.7. The molecule has 0 amide bonds. The molecule has 256 valence electrons. The van der Waals surface area contributed by atoms with Crippen molar-refractivity contribution >= 4 is 13.8 Å². The third-order valence-electron chi connectivity index (χ3n) is 7.33. The maximum Gasteiger partial charge on any atom is 0.472 e. The van der Waals surface area contributed by atoms with E-state index < -0.39 is 13.9 Å². The Kier molecular flexibility index (Phi) is 28.2. The predicted molar refractivity (Wildman–Crippen MR) is 178 cm³/mol. The number of nitrogens with zero attached hydrogens (tertiary/aromatic N) is 1. The lowest BCUT2D eigenvalue weighted by atomic mass is 10.1. The Balaban J connectivity index is 4.09. The van der Waals surface area contributed by atoms with E-state index in [1.807, 2.05) is 21.1 Å². The molecule has 2 atom stereocenters. The molecule has 0 saturated heterocycles. The molecule has 43 heavy (non-hydrogen) atoms. The molecule has 0 aliphatic heterocycles. The fourth-order valence-corrected chi connectivity index (χ4v) is 5.29. The summed E-state index contributed by atoms with van der Waals surface area (Å²) in [4.78, 5) is 22.4. The topological polar surface area (TPSA) is 91.3 Å². The van der Waals surface area contributed by atoms with Crippen LogP contribution in [0.15, 0.2) is 12.2 Å². The molecule has 0 bridgehead atoms. The minimum Gasteiger partial charge on any atom is -0.457 e. The zero-order chi connectivity index (χ0) is 32.1. The number of quaternary nitrogens is 1. The first-order valence-electron chi connectivity index (χ1n) is 17.4. The fraction of sp³-hybridized carbons (Fsp3) is 0.912. The summed E-state index contributed by atoms with van der Waals surface area (Å²) in [6.07, 6.45) is 27.2. The largest absolute Gasteiger partial charge is 0.472 e. The molecule has 0 aliphatic rings. The van der Waals surface area contributed by atoms with Crippen molar-refractivity contribution in [2.45, 2.75) is 148 Å². The van der Waals surface area contributed by atoms with E-state index in [0.29, 0.717) is 24.1 Å². The number of likely N-dealkylation sites (N-methyl/N-ethyl adjacent to an activating group) is 1. The van der Waals surface area contributed by atoms with Crippen LogP contribution in [-0.2, 0) is 27.9 Å². The van der Waals surface area contributed by atoms with E-state index in [1.54, 1.807) is 0 Å². The predicted octanol–water partition coefficient (Wildman–Crippen LogP) is 9.15. The van der Waals surface area contributed by atoms with Gasteiger partial charge >= 0.3 is 13.8 Å². The van der Waals surface area contributed by atoms with Gasteiger partial charge in [0.05, 0.1) is 34.4 Å². The van der Waals surface area contributed by atoms with Crippen LogP contribution in [0.3, 0.4) is 0 Å². The Morgan fingerprint density at radius 1 is 0.698 bits per heavy atom. The molecule has 0 aromatic rings. The maximum absolute atomic E-state index is 12.3. The highest BCUT2D eigenvalue weighted by Gasteiger charge is 2.26. The van der Waals surface area contributed by atoms with E-state index in [4.69, 9.17) is 18.5 Å². The van der Waals surface area contributed by atoms with E-state index >= 15 is 0 Å². The van der Waals surface area contributed by atoms with E-state index in [1.165, 1.54) is 83.5 Å². The number of esters is 1. The summed E-state index contributed by atoms with van der Waals surface area (Å²) in [5.74, 6) is -0.334. The van der Waals surface area contributed by atoms with E-state index in [-0.39, 0.29) is 25.8 Å². The highest BCUT2D eigenvalue weighted by atomic mass is 31.2.